The van der Waals surface area contributed by atoms with E-state index >= 15 is 0 Å². The monoisotopic (exact) mass is 276 g/mol. The molecule has 0 saturated heterocycles. The van der Waals surface area contributed by atoms with Gasteiger partial charge in [0.15, 0.2) is 0 Å². The molecule has 1 fully saturated rings. The van der Waals surface area contributed by atoms with E-state index in [1.807, 2.05) is 31.2 Å². The molecule has 0 heterocycles. The number of rotatable bonds is 5. The molecular weight excluding hydrogens is 252 g/mol. The van der Waals surface area contributed by atoms with Crippen molar-refractivity contribution in [2.75, 3.05) is 18.8 Å². The zero-order chi connectivity index (χ0) is 15.0. The van der Waals surface area contributed by atoms with Gasteiger partial charge in [0, 0.05) is 18.8 Å². The number of hydrogen-bond acceptors (Lipinski definition) is 3. The van der Waals surface area contributed by atoms with Crippen LogP contribution in [0.1, 0.15) is 39.2 Å². The molecule has 4 nitrogen and oxygen atoms in total. The van der Waals surface area contributed by atoms with Crippen molar-refractivity contribution in [2.24, 2.45) is 0 Å². The molecule has 0 bridgehead atoms. The van der Waals surface area contributed by atoms with Gasteiger partial charge >= 0.3 is 0 Å². The number of hydrogen-bond donors (Lipinski definition) is 2. The normalized spacial score (nSPS) is 16.8. The van der Waals surface area contributed by atoms with Crippen LogP contribution in [0.3, 0.4) is 0 Å². The molecule has 3 N–H and O–H groups in total. The van der Waals surface area contributed by atoms with Gasteiger partial charge in [-0.15, -0.1) is 0 Å². The van der Waals surface area contributed by atoms with Crippen molar-refractivity contribution < 1.29 is 9.90 Å². The van der Waals surface area contributed by atoms with Gasteiger partial charge in [-0.1, -0.05) is 12.1 Å². The number of nitrogens with zero attached hydrogens (tertiary/aromatic N) is 1. The lowest BCUT2D eigenvalue weighted by Crippen LogP contribution is -2.46. The van der Waals surface area contributed by atoms with Crippen molar-refractivity contribution in [1.29, 1.82) is 0 Å². The number of anilines is 1. The summed E-state index contributed by atoms with van der Waals surface area (Å²) in [4.78, 5) is 14.6. The predicted molar refractivity (Wildman–Crippen MR) is 80.3 cm³/mol. The molecule has 1 aliphatic rings. The number of aliphatic hydroxyl groups is 1. The van der Waals surface area contributed by atoms with E-state index in [1.165, 1.54) is 0 Å². The van der Waals surface area contributed by atoms with Gasteiger partial charge in [-0.25, -0.2) is 0 Å². The molecule has 0 aliphatic heterocycles. The number of nitrogen functional groups attached to an aromatic ring is 1. The Balaban J connectivity index is 2.20. The molecule has 110 valence electrons. The van der Waals surface area contributed by atoms with E-state index in [2.05, 4.69) is 0 Å². The van der Waals surface area contributed by atoms with Crippen LogP contribution in [-0.4, -0.2) is 34.6 Å². The van der Waals surface area contributed by atoms with Crippen LogP contribution in [0.2, 0.25) is 0 Å². The zero-order valence-electron chi connectivity index (χ0n) is 12.5. The first-order valence-electron chi connectivity index (χ1n) is 7.16. The summed E-state index contributed by atoms with van der Waals surface area (Å²) < 4.78 is 0. The molecule has 1 aromatic rings. The predicted octanol–water partition coefficient (Wildman–Crippen LogP) is 1.92. The van der Waals surface area contributed by atoms with Gasteiger partial charge in [-0.2, -0.15) is 0 Å². The second-order valence-electron chi connectivity index (χ2n) is 6.34. The van der Waals surface area contributed by atoms with Crippen LogP contribution in [-0.2, 0) is 10.2 Å². The Hall–Kier alpha value is -1.55. The summed E-state index contributed by atoms with van der Waals surface area (Å²) in [5.74, 6) is 0.117. The van der Waals surface area contributed by atoms with Crippen molar-refractivity contribution >= 4 is 11.6 Å². The molecule has 0 unspecified atom stereocenters. The smallest absolute Gasteiger partial charge is 0.233 e. The minimum absolute atomic E-state index is 0.117. The standard InChI is InChI=1S/C16H24N2O2/c1-4-18(11-15(2,3)20)14(19)16(9-10-16)12-5-7-13(17)8-6-12/h5-8,20H,4,9-11,17H2,1-3H3. The van der Waals surface area contributed by atoms with Gasteiger partial charge in [-0.05, 0) is 51.3 Å². The average molecular weight is 276 g/mol. The fraction of sp³-hybridized carbons (Fsp3) is 0.562. The Morgan fingerprint density at radius 2 is 1.90 bits per heavy atom. The Bertz CT molecular complexity index is 484. The number of amides is 1. The number of carbonyl (C=O) groups is 1. The van der Waals surface area contributed by atoms with Crippen molar-refractivity contribution in [3.05, 3.63) is 29.8 Å². The quantitative estimate of drug-likeness (QED) is 0.807. The fourth-order valence-corrected chi connectivity index (χ4v) is 2.65. The van der Waals surface area contributed by atoms with Crippen LogP contribution < -0.4 is 5.73 Å². The van der Waals surface area contributed by atoms with Crippen LogP contribution >= 0.6 is 0 Å². The van der Waals surface area contributed by atoms with Gasteiger partial charge in [0.2, 0.25) is 5.91 Å². The van der Waals surface area contributed by atoms with Crippen LogP contribution in [0.25, 0.3) is 0 Å². The molecule has 4 heteroatoms. The summed E-state index contributed by atoms with van der Waals surface area (Å²) in [6, 6.07) is 7.57. The number of likely N-dealkylation sites (N-methyl/N-ethyl adjacent to an activating group) is 1. The molecule has 20 heavy (non-hydrogen) atoms. The van der Waals surface area contributed by atoms with E-state index in [4.69, 9.17) is 5.73 Å². The van der Waals surface area contributed by atoms with E-state index in [-0.39, 0.29) is 5.91 Å². The molecule has 2 rings (SSSR count). The van der Waals surface area contributed by atoms with Crippen LogP contribution in [0.4, 0.5) is 5.69 Å². The maximum atomic E-state index is 12.8. The lowest BCUT2D eigenvalue weighted by Gasteiger charge is -2.31. The SMILES string of the molecule is CCN(CC(C)(C)O)C(=O)C1(c2ccc(N)cc2)CC1. The van der Waals surface area contributed by atoms with Crippen molar-refractivity contribution in [2.45, 2.75) is 44.6 Å². The maximum absolute atomic E-state index is 12.8. The molecule has 1 aromatic carbocycles. The first kappa shape index (κ1) is 14.9. The van der Waals surface area contributed by atoms with Gasteiger partial charge in [-0.3, -0.25) is 4.79 Å². The van der Waals surface area contributed by atoms with Crippen LogP contribution in [0.15, 0.2) is 24.3 Å². The third kappa shape index (κ3) is 2.96. The van der Waals surface area contributed by atoms with Gasteiger partial charge in [0.25, 0.3) is 0 Å². The van der Waals surface area contributed by atoms with Gasteiger partial charge < -0.3 is 15.7 Å². The summed E-state index contributed by atoms with van der Waals surface area (Å²) in [5.41, 5.74) is 6.18. The lowest BCUT2D eigenvalue weighted by atomic mass is 9.93. The summed E-state index contributed by atoms with van der Waals surface area (Å²) >= 11 is 0. The van der Waals surface area contributed by atoms with E-state index in [9.17, 15) is 9.90 Å². The highest BCUT2D eigenvalue weighted by Gasteiger charge is 2.53. The Morgan fingerprint density at radius 3 is 2.30 bits per heavy atom. The third-order valence-electron chi connectivity index (χ3n) is 3.87. The van der Waals surface area contributed by atoms with Crippen LogP contribution in [0, 0.1) is 0 Å². The first-order valence-corrected chi connectivity index (χ1v) is 7.16. The van der Waals surface area contributed by atoms with Crippen molar-refractivity contribution in [3.63, 3.8) is 0 Å². The minimum atomic E-state index is -0.872. The van der Waals surface area contributed by atoms with E-state index in [0.29, 0.717) is 18.8 Å². The van der Waals surface area contributed by atoms with Gasteiger partial charge in [0.05, 0.1) is 11.0 Å². The lowest BCUT2D eigenvalue weighted by molar-refractivity contribution is -0.136. The molecule has 1 aliphatic carbocycles. The summed E-state index contributed by atoms with van der Waals surface area (Å²) in [6.07, 6.45) is 1.75. The van der Waals surface area contributed by atoms with Crippen molar-refractivity contribution in [1.82, 2.24) is 4.90 Å². The summed E-state index contributed by atoms with van der Waals surface area (Å²) in [6.45, 7) is 6.37. The number of nitrogens with two attached hydrogens (primary N) is 1. The van der Waals surface area contributed by atoms with E-state index in [1.54, 1.807) is 18.7 Å². The maximum Gasteiger partial charge on any atom is 0.233 e. The topological polar surface area (TPSA) is 66.6 Å². The zero-order valence-corrected chi connectivity index (χ0v) is 12.5. The third-order valence-corrected chi connectivity index (χ3v) is 3.87. The average Bonchev–Trinajstić information content (AvgIpc) is 3.16. The molecule has 1 amide bonds. The minimum Gasteiger partial charge on any atom is -0.399 e. The van der Waals surface area contributed by atoms with E-state index < -0.39 is 11.0 Å². The fourth-order valence-electron chi connectivity index (χ4n) is 2.65. The molecule has 0 atom stereocenters. The number of carbonyl (C=O) groups excluding carboxylic acids is 1. The Morgan fingerprint density at radius 1 is 1.35 bits per heavy atom. The van der Waals surface area contributed by atoms with Gasteiger partial charge in [0.1, 0.15) is 0 Å². The molecule has 0 aromatic heterocycles. The molecular formula is C16H24N2O2. The van der Waals surface area contributed by atoms with Crippen LogP contribution in [0.5, 0.6) is 0 Å². The first-order chi connectivity index (χ1) is 9.28. The highest BCUT2D eigenvalue weighted by molar-refractivity contribution is 5.91. The molecule has 0 spiro atoms. The molecule has 0 radical (unpaired) electrons. The highest BCUT2D eigenvalue weighted by Crippen LogP contribution is 2.49. The Kier molecular flexibility index (Phi) is 3.78. The molecule has 1 saturated carbocycles. The summed E-state index contributed by atoms with van der Waals surface area (Å²) in [7, 11) is 0. The largest absolute Gasteiger partial charge is 0.399 e. The van der Waals surface area contributed by atoms with Crippen molar-refractivity contribution in [3.8, 4) is 0 Å². The second-order valence-corrected chi connectivity index (χ2v) is 6.34. The highest BCUT2D eigenvalue weighted by atomic mass is 16.3. The summed E-state index contributed by atoms with van der Waals surface area (Å²) in [5, 5.41) is 9.95. The van der Waals surface area contributed by atoms with E-state index in [0.717, 1.165) is 18.4 Å². The Labute approximate surface area is 120 Å². The number of benzene rings is 1. The second kappa shape index (κ2) is 5.09.